The second-order valence-electron chi connectivity index (χ2n) is 7.40. The van der Waals surface area contributed by atoms with Gasteiger partial charge < -0.3 is 20.1 Å². The van der Waals surface area contributed by atoms with E-state index in [1.54, 1.807) is 24.3 Å². The zero-order valence-corrected chi connectivity index (χ0v) is 18.3. The van der Waals surface area contributed by atoms with E-state index in [9.17, 15) is 14.4 Å². The number of carbonyl (C=O) groups excluding carboxylic acids is 3. The fourth-order valence-corrected chi connectivity index (χ4v) is 2.83. The van der Waals surface area contributed by atoms with Gasteiger partial charge in [0.25, 0.3) is 11.8 Å². The van der Waals surface area contributed by atoms with Crippen molar-refractivity contribution < 1.29 is 23.9 Å². The lowest BCUT2D eigenvalue weighted by Gasteiger charge is -2.13. The van der Waals surface area contributed by atoms with Crippen LogP contribution in [-0.2, 0) is 20.7 Å². The quantitative estimate of drug-likeness (QED) is 0.536. The highest BCUT2D eigenvalue weighted by molar-refractivity contribution is 6.04. The normalized spacial score (nSPS) is 10.5. The van der Waals surface area contributed by atoms with E-state index in [1.807, 2.05) is 45.0 Å². The van der Waals surface area contributed by atoms with Gasteiger partial charge in [0, 0.05) is 13.0 Å². The average molecular weight is 427 g/mol. The van der Waals surface area contributed by atoms with E-state index in [2.05, 4.69) is 10.6 Å². The number of amides is 2. The van der Waals surface area contributed by atoms with Gasteiger partial charge in [-0.15, -0.1) is 0 Å². The van der Waals surface area contributed by atoms with Gasteiger partial charge in [0.1, 0.15) is 5.75 Å². The summed E-state index contributed by atoms with van der Waals surface area (Å²) in [4.78, 5) is 36.6. The number of benzene rings is 2. The minimum atomic E-state index is -0.507. The van der Waals surface area contributed by atoms with Gasteiger partial charge >= 0.3 is 5.97 Å². The van der Waals surface area contributed by atoms with E-state index in [0.29, 0.717) is 36.7 Å². The second kappa shape index (κ2) is 12.4. The molecule has 0 aliphatic carbocycles. The molecule has 2 amide bonds. The minimum absolute atomic E-state index is 0.131. The molecule has 0 aliphatic heterocycles. The fourth-order valence-electron chi connectivity index (χ4n) is 2.83. The van der Waals surface area contributed by atoms with E-state index in [-0.39, 0.29) is 12.3 Å². The maximum Gasteiger partial charge on any atom is 0.306 e. The molecule has 0 fully saturated rings. The highest BCUT2D eigenvalue weighted by Gasteiger charge is 2.15. The summed E-state index contributed by atoms with van der Waals surface area (Å²) in [7, 11) is 0. The molecule has 166 valence electrons. The molecule has 2 aromatic carbocycles. The maximum absolute atomic E-state index is 12.4. The van der Waals surface area contributed by atoms with E-state index >= 15 is 0 Å². The zero-order valence-electron chi connectivity index (χ0n) is 18.3. The first-order valence-corrected chi connectivity index (χ1v) is 10.4. The van der Waals surface area contributed by atoms with Crippen LogP contribution < -0.4 is 15.4 Å². The van der Waals surface area contributed by atoms with Gasteiger partial charge in [-0.2, -0.15) is 0 Å². The number of nitrogens with one attached hydrogen (secondary N) is 2. The molecule has 0 aliphatic rings. The van der Waals surface area contributed by atoms with Gasteiger partial charge in [0.15, 0.2) is 6.61 Å². The summed E-state index contributed by atoms with van der Waals surface area (Å²) in [5.74, 6) is -0.209. The van der Waals surface area contributed by atoms with Gasteiger partial charge in [-0.25, -0.2) is 0 Å². The highest BCUT2D eigenvalue weighted by Crippen LogP contribution is 2.20. The van der Waals surface area contributed by atoms with Crippen LogP contribution in [0.4, 0.5) is 5.69 Å². The molecule has 0 radical (unpaired) electrons. The Labute approximate surface area is 183 Å². The van der Waals surface area contributed by atoms with Crippen LogP contribution in [0.25, 0.3) is 0 Å². The Morgan fingerprint density at radius 2 is 1.71 bits per heavy atom. The van der Waals surface area contributed by atoms with Crippen LogP contribution in [0.3, 0.4) is 0 Å². The minimum Gasteiger partial charge on any atom is -0.494 e. The highest BCUT2D eigenvalue weighted by atomic mass is 16.5. The van der Waals surface area contributed by atoms with Crippen LogP contribution in [0, 0.1) is 5.92 Å². The maximum atomic E-state index is 12.4. The molecule has 0 atom stereocenters. The number of hydrogen-bond donors (Lipinski definition) is 2. The summed E-state index contributed by atoms with van der Waals surface area (Å²) in [6, 6.07) is 14.2. The van der Waals surface area contributed by atoms with Crippen LogP contribution in [-0.4, -0.2) is 37.5 Å². The number of para-hydroxylation sites is 2. The molecule has 0 bridgehead atoms. The molecule has 31 heavy (non-hydrogen) atoms. The Balaban J connectivity index is 1.84. The van der Waals surface area contributed by atoms with Gasteiger partial charge in [0.05, 0.1) is 17.9 Å². The number of carbonyl (C=O) groups is 3. The summed E-state index contributed by atoms with van der Waals surface area (Å²) in [6.07, 6.45) is 0.584. The number of rotatable bonds is 11. The number of aryl methyl sites for hydroxylation is 1. The van der Waals surface area contributed by atoms with Gasteiger partial charge in [0.2, 0.25) is 0 Å². The van der Waals surface area contributed by atoms with Crippen molar-refractivity contribution in [2.45, 2.75) is 33.6 Å². The van der Waals surface area contributed by atoms with Gasteiger partial charge in [-0.3, -0.25) is 14.4 Å². The molecule has 2 aromatic rings. The molecule has 0 heterocycles. The van der Waals surface area contributed by atoms with Crippen molar-refractivity contribution >= 4 is 23.5 Å². The third kappa shape index (κ3) is 8.12. The molecule has 2 N–H and O–H groups in total. The summed E-state index contributed by atoms with van der Waals surface area (Å²) >= 11 is 0. The fraction of sp³-hybridized carbons (Fsp3) is 0.375. The van der Waals surface area contributed by atoms with Crippen molar-refractivity contribution in [1.82, 2.24) is 5.32 Å². The molecule has 0 unspecified atom stereocenters. The molecular formula is C24H30N2O5. The van der Waals surface area contributed by atoms with Crippen molar-refractivity contribution in [3.05, 3.63) is 59.7 Å². The molecule has 0 saturated heterocycles. The molecule has 0 aromatic heterocycles. The van der Waals surface area contributed by atoms with Crippen LogP contribution in [0.15, 0.2) is 48.5 Å². The molecule has 0 spiro atoms. The van der Waals surface area contributed by atoms with Gasteiger partial charge in [-0.05, 0) is 43.0 Å². The first-order valence-electron chi connectivity index (χ1n) is 10.4. The lowest BCUT2D eigenvalue weighted by Crippen LogP contribution is -2.29. The predicted molar refractivity (Wildman–Crippen MR) is 119 cm³/mol. The lowest BCUT2D eigenvalue weighted by molar-refractivity contribution is -0.147. The average Bonchev–Trinajstić information content (AvgIpc) is 2.76. The molecule has 7 nitrogen and oxygen atoms in total. The first-order chi connectivity index (χ1) is 14.9. The Hall–Kier alpha value is -3.35. The SMILES string of the molecule is CCOc1ccccc1CCC(=O)OCC(=O)Nc1ccccc1C(=O)NCC(C)C. The van der Waals surface area contributed by atoms with E-state index < -0.39 is 18.5 Å². The van der Waals surface area contributed by atoms with Crippen LogP contribution >= 0.6 is 0 Å². The van der Waals surface area contributed by atoms with Gasteiger partial charge in [-0.1, -0.05) is 44.2 Å². The van der Waals surface area contributed by atoms with Crippen LogP contribution in [0.5, 0.6) is 5.75 Å². The number of anilines is 1. The third-order valence-electron chi connectivity index (χ3n) is 4.35. The Morgan fingerprint density at radius 3 is 2.45 bits per heavy atom. The summed E-state index contributed by atoms with van der Waals surface area (Å²) in [5.41, 5.74) is 1.64. The van der Waals surface area contributed by atoms with Crippen LogP contribution in [0.1, 0.15) is 43.1 Å². The standard InChI is InChI=1S/C24H30N2O5/c1-4-30-21-12-8-5-9-18(21)13-14-23(28)31-16-22(27)26-20-11-7-6-10-19(20)24(29)25-15-17(2)3/h5-12,17H,4,13-16H2,1-3H3,(H,25,29)(H,26,27). The van der Waals surface area contributed by atoms with Crippen molar-refractivity contribution in [2.75, 3.05) is 25.1 Å². The topological polar surface area (TPSA) is 93.7 Å². The number of ether oxygens (including phenoxy) is 2. The monoisotopic (exact) mass is 426 g/mol. The lowest BCUT2D eigenvalue weighted by atomic mass is 10.1. The number of hydrogen-bond acceptors (Lipinski definition) is 5. The van der Waals surface area contributed by atoms with E-state index in [0.717, 1.165) is 11.3 Å². The van der Waals surface area contributed by atoms with Crippen molar-refractivity contribution in [2.24, 2.45) is 5.92 Å². The zero-order chi connectivity index (χ0) is 22.6. The Bertz CT molecular complexity index is 895. The van der Waals surface area contributed by atoms with Crippen LogP contribution in [0.2, 0.25) is 0 Å². The molecular weight excluding hydrogens is 396 g/mol. The Kier molecular flexibility index (Phi) is 9.55. The summed E-state index contributed by atoms with van der Waals surface area (Å²) < 4.78 is 10.6. The summed E-state index contributed by atoms with van der Waals surface area (Å²) in [5, 5.41) is 5.46. The van der Waals surface area contributed by atoms with Crippen molar-refractivity contribution in [3.8, 4) is 5.75 Å². The molecule has 2 rings (SSSR count). The third-order valence-corrected chi connectivity index (χ3v) is 4.35. The number of esters is 1. The second-order valence-corrected chi connectivity index (χ2v) is 7.40. The van der Waals surface area contributed by atoms with E-state index in [4.69, 9.17) is 9.47 Å². The smallest absolute Gasteiger partial charge is 0.306 e. The van der Waals surface area contributed by atoms with Crippen molar-refractivity contribution in [1.29, 1.82) is 0 Å². The Morgan fingerprint density at radius 1 is 1.00 bits per heavy atom. The van der Waals surface area contributed by atoms with E-state index in [1.165, 1.54) is 0 Å². The van der Waals surface area contributed by atoms with Crippen molar-refractivity contribution in [3.63, 3.8) is 0 Å². The largest absolute Gasteiger partial charge is 0.494 e. The first kappa shape index (κ1) is 23.9. The summed E-state index contributed by atoms with van der Waals surface area (Å²) in [6.45, 7) is 6.54. The molecule has 7 heteroatoms. The predicted octanol–water partition coefficient (Wildman–Crippen LogP) is 3.59. The molecule has 0 saturated carbocycles.